The summed E-state index contributed by atoms with van der Waals surface area (Å²) in [6.45, 7) is 4.53. The Hall–Kier alpha value is -1.75. The Kier molecular flexibility index (Phi) is 3.53. The van der Waals surface area contributed by atoms with Gasteiger partial charge in [-0.25, -0.2) is 0 Å². The molecule has 1 aliphatic rings. The van der Waals surface area contributed by atoms with Crippen molar-refractivity contribution in [2.75, 3.05) is 6.54 Å². The molecule has 1 amide bonds. The van der Waals surface area contributed by atoms with E-state index in [4.69, 9.17) is 16.0 Å². The van der Waals surface area contributed by atoms with Gasteiger partial charge in [-0.2, -0.15) is 5.10 Å². The molecule has 1 aliphatic heterocycles. The van der Waals surface area contributed by atoms with Gasteiger partial charge in [0.2, 0.25) is 0 Å². The quantitative estimate of drug-likeness (QED) is 0.855. The number of aryl methyl sites for hydroxylation is 3. The lowest BCUT2D eigenvalue weighted by Gasteiger charge is -2.24. The van der Waals surface area contributed by atoms with Crippen molar-refractivity contribution in [3.8, 4) is 0 Å². The van der Waals surface area contributed by atoms with Gasteiger partial charge in [0.1, 0.15) is 5.15 Å². The minimum Gasteiger partial charge on any atom is -0.459 e. The zero-order valence-electron chi connectivity index (χ0n) is 12.4. The lowest BCUT2D eigenvalue weighted by Crippen LogP contribution is -2.31. The molecule has 2 aromatic heterocycles. The van der Waals surface area contributed by atoms with Gasteiger partial charge in [-0.3, -0.25) is 9.48 Å². The molecule has 0 aromatic carbocycles. The second-order valence-electron chi connectivity index (χ2n) is 5.50. The van der Waals surface area contributed by atoms with Gasteiger partial charge >= 0.3 is 0 Å². The maximum atomic E-state index is 12.7. The molecule has 0 N–H and O–H groups in total. The van der Waals surface area contributed by atoms with Crippen LogP contribution >= 0.6 is 11.6 Å². The van der Waals surface area contributed by atoms with E-state index in [1.54, 1.807) is 17.0 Å². The number of furan rings is 1. The molecule has 3 heterocycles. The normalized spacial score (nSPS) is 18.5. The second kappa shape index (κ2) is 5.22. The van der Waals surface area contributed by atoms with Crippen LogP contribution in [0.25, 0.3) is 0 Å². The van der Waals surface area contributed by atoms with Crippen molar-refractivity contribution in [1.82, 2.24) is 14.7 Å². The van der Waals surface area contributed by atoms with E-state index in [1.165, 1.54) is 0 Å². The summed E-state index contributed by atoms with van der Waals surface area (Å²) < 4.78 is 7.00. The van der Waals surface area contributed by atoms with Crippen molar-refractivity contribution in [2.45, 2.75) is 32.7 Å². The third-order valence-corrected chi connectivity index (χ3v) is 4.55. The van der Waals surface area contributed by atoms with Gasteiger partial charge in [0.15, 0.2) is 5.76 Å². The zero-order chi connectivity index (χ0) is 15.1. The van der Waals surface area contributed by atoms with Crippen LogP contribution in [0.4, 0.5) is 0 Å². The van der Waals surface area contributed by atoms with Gasteiger partial charge in [0.05, 0.1) is 18.0 Å². The molecule has 1 saturated heterocycles. The van der Waals surface area contributed by atoms with E-state index in [2.05, 4.69) is 5.10 Å². The number of amides is 1. The van der Waals surface area contributed by atoms with Crippen molar-refractivity contribution in [2.24, 2.45) is 7.05 Å². The van der Waals surface area contributed by atoms with Gasteiger partial charge in [-0.15, -0.1) is 0 Å². The summed E-state index contributed by atoms with van der Waals surface area (Å²) in [5, 5.41) is 4.96. The van der Waals surface area contributed by atoms with Crippen LogP contribution in [0, 0.1) is 13.8 Å². The third kappa shape index (κ3) is 2.25. The van der Waals surface area contributed by atoms with E-state index in [9.17, 15) is 4.79 Å². The van der Waals surface area contributed by atoms with Gasteiger partial charge < -0.3 is 9.32 Å². The summed E-state index contributed by atoms with van der Waals surface area (Å²) in [6.07, 6.45) is 3.41. The van der Waals surface area contributed by atoms with Crippen molar-refractivity contribution in [3.63, 3.8) is 0 Å². The Balaban J connectivity index is 1.96. The van der Waals surface area contributed by atoms with Crippen LogP contribution in [0.2, 0.25) is 5.15 Å². The zero-order valence-corrected chi connectivity index (χ0v) is 13.1. The van der Waals surface area contributed by atoms with E-state index in [-0.39, 0.29) is 11.9 Å². The molecule has 5 nitrogen and oxygen atoms in total. The first-order valence-electron chi connectivity index (χ1n) is 7.04. The van der Waals surface area contributed by atoms with Gasteiger partial charge in [-0.05, 0) is 32.8 Å². The minimum atomic E-state index is -0.0701. The molecule has 0 radical (unpaired) electrons. The molecule has 0 bridgehead atoms. The SMILES string of the molecule is Cc1ccoc1C(=O)N1CCC[C@H]1c1c(C)nn(C)c1Cl. The molecule has 112 valence electrons. The number of likely N-dealkylation sites (tertiary alicyclic amines) is 1. The summed E-state index contributed by atoms with van der Waals surface area (Å²) in [6, 6.07) is 1.78. The first-order valence-corrected chi connectivity index (χ1v) is 7.42. The van der Waals surface area contributed by atoms with Gasteiger partial charge in [-0.1, -0.05) is 11.6 Å². The summed E-state index contributed by atoms with van der Waals surface area (Å²) in [5.74, 6) is 0.346. The average molecular weight is 308 g/mol. The lowest BCUT2D eigenvalue weighted by molar-refractivity contribution is 0.0702. The number of aromatic nitrogens is 2. The maximum Gasteiger partial charge on any atom is 0.290 e. The summed E-state index contributed by atoms with van der Waals surface area (Å²) in [4.78, 5) is 14.6. The molecular formula is C15H18ClN3O2. The van der Waals surface area contributed by atoms with Crippen molar-refractivity contribution >= 4 is 17.5 Å². The highest BCUT2D eigenvalue weighted by atomic mass is 35.5. The van der Waals surface area contributed by atoms with Gasteiger partial charge in [0, 0.05) is 24.7 Å². The minimum absolute atomic E-state index is 0.0248. The number of hydrogen-bond acceptors (Lipinski definition) is 3. The topological polar surface area (TPSA) is 51.3 Å². The predicted molar refractivity (Wildman–Crippen MR) is 79.4 cm³/mol. The predicted octanol–water partition coefficient (Wildman–Crippen LogP) is 3.26. The van der Waals surface area contributed by atoms with Gasteiger partial charge in [0.25, 0.3) is 5.91 Å². The molecular weight excluding hydrogens is 290 g/mol. The Morgan fingerprint density at radius 3 is 2.81 bits per heavy atom. The highest BCUT2D eigenvalue weighted by molar-refractivity contribution is 6.30. The molecule has 1 fully saturated rings. The third-order valence-electron chi connectivity index (χ3n) is 4.10. The summed E-state index contributed by atoms with van der Waals surface area (Å²) in [5.41, 5.74) is 2.69. The van der Waals surface area contributed by atoms with Crippen LogP contribution in [-0.2, 0) is 7.05 Å². The molecule has 0 saturated carbocycles. The lowest BCUT2D eigenvalue weighted by atomic mass is 10.1. The fourth-order valence-electron chi connectivity index (χ4n) is 3.06. The van der Waals surface area contributed by atoms with E-state index in [0.717, 1.165) is 29.7 Å². The number of hydrogen-bond donors (Lipinski definition) is 0. The molecule has 3 rings (SSSR count). The van der Waals surface area contributed by atoms with Crippen LogP contribution < -0.4 is 0 Å². The van der Waals surface area contributed by atoms with Crippen LogP contribution in [0.1, 0.15) is 46.3 Å². The molecule has 1 atom stereocenters. The standard InChI is InChI=1S/C15H18ClN3O2/c1-9-6-8-21-13(9)15(20)19-7-4-5-11(19)12-10(2)17-18(3)14(12)16/h6,8,11H,4-5,7H2,1-3H3/t11-/m0/s1. The largest absolute Gasteiger partial charge is 0.459 e. The van der Waals surface area contributed by atoms with E-state index in [0.29, 0.717) is 17.5 Å². The summed E-state index contributed by atoms with van der Waals surface area (Å²) in [7, 11) is 1.82. The number of rotatable bonds is 2. The maximum absolute atomic E-state index is 12.7. The Morgan fingerprint density at radius 1 is 1.48 bits per heavy atom. The number of carbonyl (C=O) groups is 1. The van der Waals surface area contributed by atoms with Crippen molar-refractivity contribution in [1.29, 1.82) is 0 Å². The molecule has 0 aliphatic carbocycles. The average Bonchev–Trinajstić information content (AvgIpc) is 3.11. The fourth-order valence-corrected chi connectivity index (χ4v) is 3.36. The molecule has 21 heavy (non-hydrogen) atoms. The first-order chi connectivity index (χ1) is 10.0. The highest BCUT2D eigenvalue weighted by Gasteiger charge is 2.35. The Labute approximate surface area is 128 Å². The van der Waals surface area contributed by atoms with Crippen LogP contribution in [0.5, 0.6) is 0 Å². The Morgan fingerprint density at radius 2 is 2.24 bits per heavy atom. The van der Waals surface area contributed by atoms with Crippen LogP contribution in [0.15, 0.2) is 16.7 Å². The number of carbonyl (C=O) groups excluding carboxylic acids is 1. The van der Waals surface area contributed by atoms with Crippen molar-refractivity contribution < 1.29 is 9.21 Å². The molecule has 0 unspecified atom stereocenters. The highest BCUT2D eigenvalue weighted by Crippen LogP contribution is 2.38. The van der Waals surface area contributed by atoms with Crippen LogP contribution in [-0.4, -0.2) is 27.1 Å². The van der Waals surface area contributed by atoms with E-state index in [1.807, 2.05) is 25.8 Å². The smallest absolute Gasteiger partial charge is 0.290 e. The molecule has 0 spiro atoms. The fraction of sp³-hybridized carbons (Fsp3) is 0.467. The first kappa shape index (κ1) is 14.2. The summed E-state index contributed by atoms with van der Waals surface area (Å²) >= 11 is 6.36. The van der Waals surface area contributed by atoms with Crippen LogP contribution in [0.3, 0.4) is 0 Å². The number of halogens is 1. The van der Waals surface area contributed by atoms with E-state index < -0.39 is 0 Å². The Bertz CT molecular complexity index is 689. The molecule has 6 heteroatoms. The number of nitrogens with zero attached hydrogens (tertiary/aromatic N) is 3. The van der Waals surface area contributed by atoms with Crippen molar-refractivity contribution in [3.05, 3.63) is 40.1 Å². The second-order valence-corrected chi connectivity index (χ2v) is 5.86. The van der Waals surface area contributed by atoms with E-state index >= 15 is 0 Å². The molecule has 2 aromatic rings. The monoisotopic (exact) mass is 307 g/mol.